The quantitative estimate of drug-likeness (QED) is 0.504. The number of anilines is 3. The number of nitrogens with one attached hydrogen (secondary N) is 1. The first-order chi connectivity index (χ1) is 15.6. The van der Waals surface area contributed by atoms with Crippen LogP contribution in [0.4, 0.5) is 17.6 Å². The topological polar surface area (TPSA) is 97.1 Å². The molecule has 0 bridgehead atoms. The Bertz CT molecular complexity index is 1020. The molecule has 32 heavy (non-hydrogen) atoms. The van der Waals surface area contributed by atoms with Gasteiger partial charge in [0, 0.05) is 25.9 Å². The Morgan fingerprint density at radius 1 is 1.22 bits per heavy atom. The first-order valence-corrected chi connectivity index (χ1v) is 11.4. The number of aromatic nitrogens is 6. The van der Waals surface area contributed by atoms with Crippen LogP contribution < -0.4 is 10.2 Å². The smallest absolute Gasteiger partial charge is 0.228 e. The zero-order valence-corrected chi connectivity index (χ0v) is 19.5. The van der Waals surface area contributed by atoms with Crippen molar-refractivity contribution in [3.8, 4) is 0 Å². The largest absolute Gasteiger partial charge is 0.380 e. The molecule has 0 aromatic carbocycles. The van der Waals surface area contributed by atoms with Crippen molar-refractivity contribution < 1.29 is 4.74 Å². The van der Waals surface area contributed by atoms with Crippen LogP contribution in [0.1, 0.15) is 32.4 Å². The summed E-state index contributed by atoms with van der Waals surface area (Å²) in [5.74, 6) is 2.10. The number of rotatable bonds is 9. The minimum Gasteiger partial charge on any atom is -0.380 e. The Labute approximate surface area is 189 Å². The SMILES string of the molecule is CCOCCn1nc(CC)c2nc(N(C)C3CCN(C)CC3)nc(Nc3ccncn3)c21. The van der Waals surface area contributed by atoms with E-state index in [1.807, 2.05) is 17.7 Å². The number of hydrogen-bond acceptors (Lipinski definition) is 9. The Morgan fingerprint density at radius 2 is 2.03 bits per heavy atom. The van der Waals surface area contributed by atoms with Gasteiger partial charge < -0.3 is 19.9 Å². The minimum atomic E-state index is 0.411. The lowest BCUT2D eigenvalue weighted by molar-refractivity contribution is 0.137. The number of nitrogens with zero attached hydrogens (tertiary/aromatic N) is 8. The van der Waals surface area contributed by atoms with Crippen LogP contribution in [0.15, 0.2) is 18.6 Å². The van der Waals surface area contributed by atoms with Crippen molar-refractivity contribution in [2.24, 2.45) is 0 Å². The molecule has 1 N–H and O–H groups in total. The molecule has 0 saturated carbocycles. The van der Waals surface area contributed by atoms with Crippen LogP contribution in [0, 0.1) is 0 Å². The van der Waals surface area contributed by atoms with Gasteiger partial charge in [-0.3, -0.25) is 4.68 Å². The summed E-state index contributed by atoms with van der Waals surface area (Å²) in [6.07, 6.45) is 6.22. The fourth-order valence-corrected chi connectivity index (χ4v) is 4.10. The van der Waals surface area contributed by atoms with Crippen molar-refractivity contribution in [2.45, 2.75) is 45.7 Å². The van der Waals surface area contributed by atoms with Crippen molar-refractivity contribution in [1.82, 2.24) is 34.6 Å². The van der Waals surface area contributed by atoms with Gasteiger partial charge >= 0.3 is 0 Å². The predicted octanol–water partition coefficient (Wildman–Crippen LogP) is 2.49. The van der Waals surface area contributed by atoms with Gasteiger partial charge in [-0.25, -0.2) is 15.0 Å². The van der Waals surface area contributed by atoms with E-state index < -0.39 is 0 Å². The number of hydrogen-bond donors (Lipinski definition) is 1. The van der Waals surface area contributed by atoms with E-state index >= 15 is 0 Å². The van der Waals surface area contributed by atoms with Crippen molar-refractivity contribution in [3.05, 3.63) is 24.3 Å². The molecule has 1 aliphatic rings. The summed E-state index contributed by atoms with van der Waals surface area (Å²) >= 11 is 0. The molecular weight excluding hydrogens is 406 g/mol. The first kappa shape index (κ1) is 22.3. The molecule has 1 saturated heterocycles. The molecule has 0 spiro atoms. The Balaban J connectivity index is 1.76. The molecule has 4 heterocycles. The van der Waals surface area contributed by atoms with E-state index in [0.29, 0.717) is 43.4 Å². The average Bonchev–Trinajstić information content (AvgIpc) is 3.18. The fourth-order valence-electron chi connectivity index (χ4n) is 4.10. The lowest BCUT2D eigenvalue weighted by Crippen LogP contribution is -2.42. The molecule has 0 aliphatic carbocycles. The van der Waals surface area contributed by atoms with Gasteiger partial charge in [0.2, 0.25) is 5.95 Å². The van der Waals surface area contributed by atoms with Gasteiger partial charge in [-0.1, -0.05) is 6.92 Å². The Hall–Kier alpha value is -2.85. The molecule has 10 nitrogen and oxygen atoms in total. The summed E-state index contributed by atoms with van der Waals surface area (Å²) < 4.78 is 7.53. The van der Waals surface area contributed by atoms with Gasteiger partial charge in [0.05, 0.1) is 18.8 Å². The molecule has 1 aliphatic heterocycles. The maximum atomic E-state index is 5.58. The molecule has 4 rings (SSSR count). The van der Waals surface area contributed by atoms with Gasteiger partial charge in [0.1, 0.15) is 23.2 Å². The van der Waals surface area contributed by atoms with Gasteiger partial charge in [0.25, 0.3) is 0 Å². The van der Waals surface area contributed by atoms with E-state index in [2.05, 4.69) is 46.1 Å². The van der Waals surface area contributed by atoms with Gasteiger partial charge in [-0.2, -0.15) is 10.1 Å². The number of piperidine rings is 1. The summed E-state index contributed by atoms with van der Waals surface area (Å²) in [4.78, 5) is 22.9. The minimum absolute atomic E-state index is 0.411. The van der Waals surface area contributed by atoms with Crippen LogP contribution >= 0.6 is 0 Å². The zero-order chi connectivity index (χ0) is 22.5. The molecule has 0 amide bonds. The molecule has 172 valence electrons. The van der Waals surface area contributed by atoms with E-state index in [9.17, 15) is 0 Å². The van der Waals surface area contributed by atoms with Crippen molar-refractivity contribution >= 4 is 28.6 Å². The summed E-state index contributed by atoms with van der Waals surface area (Å²) in [5, 5.41) is 8.22. The van der Waals surface area contributed by atoms with E-state index in [1.165, 1.54) is 6.33 Å². The molecule has 0 radical (unpaired) electrons. The lowest BCUT2D eigenvalue weighted by Gasteiger charge is -2.35. The number of aryl methyl sites for hydroxylation is 1. The first-order valence-electron chi connectivity index (χ1n) is 11.4. The second kappa shape index (κ2) is 10.2. The second-order valence-electron chi connectivity index (χ2n) is 8.15. The van der Waals surface area contributed by atoms with Crippen molar-refractivity contribution in [2.75, 3.05) is 50.6 Å². The highest BCUT2D eigenvalue weighted by Crippen LogP contribution is 2.30. The summed E-state index contributed by atoms with van der Waals surface area (Å²) in [7, 11) is 4.27. The van der Waals surface area contributed by atoms with Crippen LogP contribution in [0.2, 0.25) is 0 Å². The molecular formula is C22H33N9O. The predicted molar refractivity (Wildman–Crippen MR) is 125 cm³/mol. The van der Waals surface area contributed by atoms with Crippen molar-refractivity contribution in [1.29, 1.82) is 0 Å². The molecule has 1 fully saturated rings. The zero-order valence-electron chi connectivity index (χ0n) is 19.5. The highest BCUT2D eigenvalue weighted by Gasteiger charge is 2.25. The summed E-state index contributed by atoms with van der Waals surface area (Å²) in [6.45, 7) is 8.16. The number of ether oxygens (including phenoxy) is 1. The second-order valence-corrected chi connectivity index (χ2v) is 8.15. The van der Waals surface area contributed by atoms with E-state index in [0.717, 1.165) is 49.1 Å². The highest BCUT2D eigenvalue weighted by atomic mass is 16.5. The molecule has 0 unspecified atom stereocenters. The molecule has 3 aromatic rings. The third-order valence-corrected chi connectivity index (χ3v) is 6.01. The maximum absolute atomic E-state index is 5.58. The van der Waals surface area contributed by atoms with Crippen molar-refractivity contribution in [3.63, 3.8) is 0 Å². The van der Waals surface area contributed by atoms with Crippen LogP contribution in [0.5, 0.6) is 0 Å². The standard InChI is InChI=1S/C22H33N9O/c1-5-17-19-20(31(28-17)13-14-32-6-2)21(25-18-7-10-23-15-24-18)27-22(26-19)30(4)16-8-11-29(3)12-9-16/h7,10,15-16H,5-6,8-9,11-14H2,1-4H3,(H,23,24,25,26,27). The van der Waals surface area contributed by atoms with Gasteiger partial charge in [-0.15, -0.1) is 0 Å². The van der Waals surface area contributed by atoms with E-state index in [1.54, 1.807) is 6.20 Å². The Morgan fingerprint density at radius 3 is 2.72 bits per heavy atom. The highest BCUT2D eigenvalue weighted by molar-refractivity contribution is 5.90. The monoisotopic (exact) mass is 439 g/mol. The molecule has 10 heteroatoms. The molecule has 0 atom stereocenters. The number of likely N-dealkylation sites (tertiary alicyclic amines) is 1. The summed E-state index contributed by atoms with van der Waals surface area (Å²) in [6, 6.07) is 2.24. The normalized spacial score (nSPS) is 15.4. The third kappa shape index (κ3) is 4.81. The van der Waals surface area contributed by atoms with Crippen LogP contribution in [0.3, 0.4) is 0 Å². The average molecular weight is 440 g/mol. The number of fused-ring (bicyclic) bond motifs is 1. The van der Waals surface area contributed by atoms with E-state index in [4.69, 9.17) is 19.8 Å². The fraction of sp³-hybridized carbons (Fsp3) is 0.591. The van der Waals surface area contributed by atoms with Gasteiger partial charge in [0.15, 0.2) is 5.82 Å². The lowest BCUT2D eigenvalue weighted by atomic mass is 10.0. The van der Waals surface area contributed by atoms with Gasteiger partial charge in [-0.05, 0) is 52.4 Å². The Kier molecular flexibility index (Phi) is 7.11. The third-order valence-electron chi connectivity index (χ3n) is 6.01. The van der Waals surface area contributed by atoms with Crippen LogP contribution in [0.25, 0.3) is 11.0 Å². The maximum Gasteiger partial charge on any atom is 0.228 e. The summed E-state index contributed by atoms with van der Waals surface area (Å²) in [5.41, 5.74) is 2.72. The van der Waals surface area contributed by atoms with Crippen LogP contribution in [-0.4, -0.2) is 81.1 Å². The van der Waals surface area contributed by atoms with Crippen LogP contribution in [-0.2, 0) is 17.7 Å². The molecule has 3 aromatic heterocycles. The van der Waals surface area contributed by atoms with E-state index in [-0.39, 0.29) is 0 Å².